The quantitative estimate of drug-likeness (QED) is 0.472. The van der Waals surface area contributed by atoms with Crippen molar-refractivity contribution in [3.05, 3.63) is 53.6 Å². The predicted molar refractivity (Wildman–Crippen MR) is 118 cm³/mol. The molecule has 0 heterocycles. The van der Waals surface area contributed by atoms with Crippen molar-refractivity contribution in [2.24, 2.45) is 29.6 Å². The van der Waals surface area contributed by atoms with Crippen LogP contribution in [0.5, 0.6) is 0 Å². The Labute approximate surface area is 167 Å². The van der Waals surface area contributed by atoms with Crippen LogP contribution in [-0.2, 0) is 12.8 Å². The lowest BCUT2D eigenvalue weighted by Crippen LogP contribution is -2.35. The van der Waals surface area contributed by atoms with Gasteiger partial charge in [0.05, 0.1) is 0 Å². The van der Waals surface area contributed by atoms with Crippen LogP contribution in [0.3, 0.4) is 0 Å². The monoisotopic (exact) mass is 362 g/mol. The minimum atomic E-state index is 0.949. The zero-order chi connectivity index (χ0) is 18.6. The summed E-state index contributed by atoms with van der Waals surface area (Å²) in [6.45, 7) is 6.02. The van der Waals surface area contributed by atoms with Gasteiger partial charge in [-0.1, -0.05) is 42.8 Å². The zero-order valence-corrected chi connectivity index (χ0v) is 17.3. The van der Waals surface area contributed by atoms with Gasteiger partial charge in [0.2, 0.25) is 0 Å². The van der Waals surface area contributed by atoms with E-state index in [0.717, 1.165) is 29.6 Å². The molecular weight excluding hydrogens is 324 g/mol. The van der Waals surface area contributed by atoms with Gasteiger partial charge in [0.1, 0.15) is 0 Å². The molecule has 2 fully saturated rings. The molecule has 0 spiro atoms. The molecule has 1 aromatic rings. The first-order valence-corrected chi connectivity index (χ1v) is 11.6. The Morgan fingerprint density at radius 3 is 2.52 bits per heavy atom. The molecule has 0 N–H and O–H groups in total. The van der Waals surface area contributed by atoms with E-state index in [9.17, 15) is 0 Å². The fourth-order valence-electron chi connectivity index (χ4n) is 6.57. The molecule has 0 heteroatoms. The fourth-order valence-corrected chi connectivity index (χ4v) is 6.57. The Bertz CT molecular complexity index is 667. The Kier molecular flexibility index (Phi) is 6.21. The Morgan fingerprint density at radius 1 is 0.926 bits per heavy atom. The third-order valence-corrected chi connectivity index (χ3v) is 8.06. The summed E-state index contributed by atoms with van der Waals surface area (Å²) in [6.07, 6.45) is 22.3. The molecule has 0 amide bonds. The van der Waals surface area contributed by atoms with E-state index in [1.807, 2.05) is 0 Å². The third-order valence-electron chi connectivity index (χ3n) is 8.06. The highest BCUT2D eigenvalue weighted by Gasteiger charge is 2.38. The first kappa shape index (κ1) is 19.0. The smallest absolute Gasteiger partial charge is 0.0245 e. The van der Waals surface area contributed by atoms with E-state index in [-0.39, 0.29) is 0 Å². The number of aryl methyl sites for hydroxylation is 1. The first-order chi connectivity index (χ1) is 13.3. The van der Waals surface area contributed by atoms with Crippen LogP contribution >= 0.6 is 0 Å². The van der Waals surface area contributed by atoms with Crippen LogP contribution in [0.25, 0.3) is 6.08 Å². The molecule has 0 saturated heterocycles. The van der Waals surface area contributed by atoms with Crippen molar-refractivity contribution in [1.29, 1.82) is 0 Å². The summed E-state index contributed by atoms with van der Waals surface area (Å²) in [5, 5.41) is 0. The zero-order valence-electron chi connectivity index (χ0n) is 17.3. The summed E-state index contributed by atoms with van der Waals surface area (Å²) >= 11 is 0. The van der Waals surface area contributed by atoms with Crippen molar-refractivity contribution in [2.45, 2.75) is 77.6 Å². The highest BCUT2D eigenvalue weighted by Crippen LogP contribution is 2.49. The van der Waals surface area contributed by atoms with Crippen LogP contribution in [0.2, 0.25) is 0 Å². The topological polar surface area (TPSA) is 0 Å². The number of hydrogen-bond acceptors (Lipinski definition) is 0. The Morgan fingerprint density at radius 2 is 1.70 bits per heavy atom. The number of allylic oxidation sites excluding steroid dienone is 2. The highest BCUT2D eigenvalue weighted by molar-refractivity contribution is 5.52. The fraction of sp³-hybridized carbons (Fsp3) is 0.630. The van der Waals surface area contributed by atoms with Gasteiger partial charge in [0.25, 0.3) is 0 Å². The molecule has 1 aromatic carbocycles. The van der Waals surface area contributed by atoms with Gasteiger partial charge in [0.15, 0.2) is 0 Å². The lowest BCUT2D eigenvalue weighted by atomic mass is 9.61. The van der Waals surface area contributed by atoms with Gasteiger partial charge in [-0.05, 0) is 117 Å². The lowest BCUT2D eigenvalue weighted by molar-refractivity contribution is 0.0699. The summed E-state index contributed by atoms with van der Waals surface area (Å²) in [4.78, 5) is 0. The minimum absolute atomic E-state index is 0.949. The normalized spacial score (nSPS) is 33.4. The van der Waals surface area contributed by atoms with E-state index in [2.05, 4.69) is 49.9 Å². The van der Waals surface area contributed by atoms with Crippen LogP contribution in [0, 0.1) is 29.6 Å². The largest absolute Gasteiger partial charge is 0.103 e. The van der Waals surface area contributed by atoms with Crippen LogP contribution < -0.4 is 0 Å². The Hall–Kier alpha value is -1.30. The van der Waals surface area contributed by atoms with Crippen molar-refractivity contribution in [1.82, 2.24) is 0 Å². The second kappa shape index (κ2) is 8.80. The van der Waals surface area contributed by atoms with E-state index < -0.39 is 0 Å². The van der Waals surface area contributed by atoms with Gasteiger partial charge in [-0.25, -0.2) is 0 Å². The second-order valence-corrected chi connectivity index (χ2v) is 9.67. The van der Waals surface area contributed by atoms with Gasteiger partial charge in [-0.15, -0.1) is 6.58 Å². The van der Waals surface area contributed by atoms with E-state index in [4.69, 9.17) is 0 Å². The van der Waals surface area contributed by atoms with Gasteiger partial charge in [-0.2, -0.15) is 0 Å². The number of benzene rings is 1. The molecule has 0 aromatic heterocycles. The average Bonchev–Trinajstić information content (AvgIpc) is 2.71. The molecule has 27 heavy (non-hydrogen) atoms. The van der Waals surface area contributed by atoms with Crippen molar-refractivity contribution in [3.63, 3.8) is 0 Å². The number of hydrogen-bond donors (Lipinski definition) is 0. The molecule has 0 radical (unpaired) electrons. The Balaban J connectivity index is 1.34. The molecule has 3 aliphatic rings. The molecule has 0 bridgehead atoms. The third kappa shape index (κ3) is 4.41. The molecule has 2 saturated carbocycles. The summed E-state index contributed by atoms with van der Waals surface area (Å²) < 4.78 is 0. The summed E-state index contributed by atoms with van der Waals surface area (Å²) in [6, 6.07) is 7.18. The summed E-state index contributed by atoms with van der Waals surface area (Å²) in [5.41, 5.74) is 4.65. The standard InChI is InChI=1S/C27H38/c1-3-5-7-21-9-11-25-19-27(15-13-23(25)17-21)26-14-12-22-16-20(6-4-2)8-10-24(22)18-26/h3-4,6,8,10,16,21,23,25-27H,1,5,7,9,11-15,17-19H2,2H3/b6-4+. The average molecular weight is 363 g/mol. The summed E-state index contributed by atoms with van der Waals surface area (Å²) in [7, 11) is 0. The van der Waals surface area contributed by atoms with Crippen molar-refractivity contribution in [2.75, 3.05) is 0 Å². The molecule has 4 rings (SSSR count). The molecule has 5 unspecified atom stereocenters. The molecule has 5 atom stereocenters. The van der Waals surface area contributed by atoms with E-state index in [0.29, 0.717) is 0 Å². The predicted octanol–water partition coefficient (Wildman–Crippen LogP) is 7.62. The van der Waals surface area contributed by atoms with Crippen molar-refractivity contribution >= 4 is 6.08 Å². The first-order valence-electron chi connectivity index (χ1n) is 11.6. The van der Waals surface area contributed by atoms with Crippen molar-refractivity contribution < 1.29 is 0 Å². The van der Waals surface area contributed by atoms with E-state index >= 15 is 0 Å². The van der Waals surface area contributed by atoms with Gasteiger partial charge < -0.3 is 0 Å². The highest BCUT2D eigenvalue weighted by atomic mass is 14.4. The van der Waals surface area contributed by atoms with Crippen LogP contribution in [0.1, 0.15) is 81.4 Å². The SMILES string of the molecule is C=CCCC1CCC2CC(C3CCc4cc(/C=C/C)ccc4C3)CCC2C1. The molecule has 0 aliphatic heterocycles. The summed E-state index contributed by atoms with van der Waals surface area (Å²) in [5.74, 6) is 5.03. The second-order valence-electron chi connectivity index (χ2n) is 9.67. The van der Waals surface area contributed by atoms with Crippen LogP contribution in [0.4, 0.5) is 0 Å². The van der Waals surface area contributed by atoms with Crippen LogP contribution in [0.15, 0.2) is 36.9 Å². The molecule has 0 nitrogen and oxygen atoms in total. The van der Waals surface area contributed by atoms with Gasteiger partial charge in [-0.3, -0.25) is 0 Å². The number of fused-ring (bicyclic) bond motifs is 2. The molecule has 3 aliphatic carbocycles. The van der Waals surface area contributed by atoms with Gasteiger partial charge in [0, 0.05) is 0 Å². The maximum Gasteiger partial charge on any atom is -0.0245 e. The maximum atomic E-state index is 3.91. The van der Waals surface area contributed by atoms with Crippen molar-refractivity contribution in [3.8, 4) is 0 Å². The van der Waals surface area contributed by atoms with Crippen LogP contribution in [-0.4, -0.2) is 0 Å². The maximum absolute atomic E-state index is 3.91. The molecular formula is C27H38. The van der Waals surface area contributed by atoms with E-state index in [1.54, 1.807) is 11.1 Å². The minimum Gasteiger partial charge on any atom is -0.103 e. The van der Waals surface area contributed by atoms with E-state index in [1.165, 1.54) is 76.2 Å². The number of rotatable bonds is 5. The molecule has 146 valence electrons. The lowest BCUT2D eigenvalue weighted by Gasteiger charge is -2.45. The van der Waals surface area contributed by atoms with Gasteiger partial charge >= 0.3 is 0 Å².